The van der Waals surface area contributed by atoms with Gasteiger partial charge in [-0.2, -0.15) is 0 Å². The summed E-state index contributed by atoms with van der Waals surface area (Å²) in [5.41, 5.74) is 0. The third kappa shape index (κ3) is 78.5. The van der Waals surface area contributed by atoms with E-state index >= 15 is 0 Å². The Bertz CT molecular complexity index is 2010. The molecule has 0 radical (unpaired) electrons. The molecule has 3 N–H and O–H groups in total. The number of unbranched alkanes of at least 4 members (excludes halogenated alkanes) is 54. The van der Waals surface area contributed by atoms with Crippen LogP contribution in [0.5, 0.6) is 0 Å². The van der Waals surface area contributed by atoms with Gasteiger partial charge >= 0.3 is 39.5 Å². The molecule has 0 bridgehead atoms. The summed E-state index contributed by atoms with van der Waals surface area (Å²) in [6, 6.07) is 0. The van der Waals surface area contributed by atoms with Crippen molar-refractivity contribution in [1.82, 2.24) is 0 Å². The minimum absolute atomic E-state index is 0.107. The van der Waals surface area contributed by atoms with Gasteiger partial charge in [-0.05, 0) is 37.5 Å². The van der Waals surface area contributed by atoms with Crippen LogP contribution in [0.3, 0.4) is 0 Å². The molecule has 0 aliphatic rings. The Morgan fingerprint density at radius 2 is 0.486 bits per heavy atom. The van der Waals surface area contributed by atoms with Gasteiger partial charge in [0.05, 0.1) is 26.4 Å². The molecule has 0 amide bonds. The lowest BCUT2D eigenvalue weighted by Gasteiger charge is -2.21. The van der Waals surface area contributed by atoms with Gasteiger partial charge < -0.3 is 33.8 Å². The number of rotatable bonds is 85. The number of aliphatic hydroxyl groups is 1. The number of hydrogen-bond donors (Lipinski definition) is 3. The Hall–Kier alpha value is -1.94. The zero-order chi connectivity index (χ0) is 77.1. The molecule has 0 aliphatic heterocycles. The molecule has 0 aliphatic carbocycles. The van der Waals surface area contributed by atoms with Crippen LogP contribution in [0, 0.1) is 11.8 Å². The molecule has 0 saturated carbocycles. The van der Waals surface area contributed by atoms with Crippen molar-refractivity contribution in [3.63, 3.8) is 0 Å². The molecule has 0 aromatic rings. The maximum absolute atomic E-state index is 13.2. The molecule has 0 fully saturated rings. The lowest BCUT2D eigenvalue weighted by Crippen LogP contribution is -2.30. The van der Waals surface area contributed by atoms with Crippen LogP contribution in [0.4, 0.5) is 0 Å². The Kier molecular flexibility index (Phi) is 76.0. The Morgan fingerprint density at radius 3 is 0.724 bits per heavy atom. The quantitative estimate of drug-likeness (QED) is 0.0222. The lowest BCUT2D eigenvalue weighted by atomic mass is 9.99. The zero-order valence-corrected chi connectivity index (χ0v) is 70.8. The van der Waals surface area contributed by atoms with E-state index in [-0.39, 0.29) is 25.7 Å². The summed E-state index contributed by atoms with van der Waals surface area (Å²) in [6.07, 6.45) is 69.3. The first-order chi connectivity index (χ1) is 50.9. The second-order valence-corrected chi connectivity index (χ2v) is 34.6. The number of esters is 4. The molecule has 0 aromatic carbocycles. The van der Waals surface area contributed by atoms with E-state index < -0.39 is 97.5 Å². The number of phosphoric ester groups is 2. The fraction of sp³-hybridized carbons (Fsp3) is 0.953. The fourth-order valence-corrected chi connectivity index (χ4v) is 15.0. The van der Waals surface area contributed by atoms with E-state index in [0.29, 0.717) is 25.7 Å². The van der Waals surface area contributed by atoms with Crippen molar-refractivity contribution in [3.8, 4) is 0 Å². The van der Waals surface area contributed by atoms with Gasteiger partial charge in [0.15, 0.2) is 12.2 Å². The minimum Gasteiger partial charge on any atom is -0.462 e. The standard InChI is InChI=1S/C86H168O17P2/c1-7-10-12-14-16-18-20-22-23-24-25-26-27-32-35-39-46-52-58-64-70-85(90)102-81(74-97-84(89)69-63-57-51-45-38-34-31-29-28-30-33-36-42-48-54-60-66-78(4)5)76-100-104(92,93)98-72-80(87)73-99-105(94,95)101-77-82(75-96-83(88)68-62-56-50-44-37-21-19-17-15-13-11-8-2)103-86(91)71-65-59-53-47-41-40-43-49-55-61-67-79(6)9-3/h78-82,87H,7-77H2,1-6H3,(H,92,93)(H,94,95)/t79?,80-,81-,82-/m1/s1. The topological polar surface area (TPSA) is 237 Å². The molecule has 17 nitrogen and oxygen atoms in total. The Balaban J connectivity index is 5.25. The molecule has 0 rings (SSSR count). The van der Waals surface area contributed by atoms with Crippen LogP contribution in [0.1, 0.15) is 459 Å². The maximum Gasteiger partial charge on any atom is 0.472 e. The Labute approximate surface area is 645 Å². The van der Waals surface area contributed by atoms with Gasteiger partial charge in [-0.1, -0.05) is 408 Å². The van der Waals surface area contributed by atoms with Crippen LogP contribution in [0.25, 0.3) is 0 Å². The second kappa shape index (κ2) is 77.4. The summed E-state index contributed by atoms with van der Waals surface area (Å²) >= 11 is 0. The SMILES string of the molecule is CCCCCCCCCCCCCCCCCCCCCCC(=O)O[C@H](COC(=O)CCCCCCCCCCCCCCCCCCC(C)C)COP(=O)(O)OC[C@@H](O)COP(=O)(O)OC[C@@H](COC(=O)CCCCCCCCCCCCCC)OC(=O)CCCCCCCCCCCCC(C)CC. The number of ether oxygens (including phenoxy) is 4. The maximum atomic E-state index is 13.2. The first-order valence-corrected chi connectivity index (χ1v) is 47.5. The van der Waals surface area contributed by atoms with Crippen molar-refractivity contribution in [2.45, 2.75) is 477 Å². The molecule has 105 heavy (non-hydrogen) atoms. The molecule has 624 valence electrons. The van der Waals surface area contributed by atoms with Crippen molar-refractivity contribution >= 4 is 39.5 Å². The van der Waals surface area contributed by atoms with E-state index in [1.807, 2.05) is 0 Å². The van der Waals surface area contributed by atoms with Crippen molar-refractivity contribution in [2.75, 3.05) is 39.6 Å². The predicted molar refractivity (Wildman–Crippen MR) is 432 cm³/mol. The number of carbonyl (C=O) groups is 4. The fourth-order valence-electron chi connectivity index (χ4n) is 13.4. The van der Waals surface area contributed by atoms with Gasteiger partial charge in [-0.3, -0.25) is 37.3 Å². The molecule has 19 heteroatoms. The predicted octanol–water partition coefficient (Wildman–Crippen LogP) is 26.2. The van der Waals surface area contributed by atoms with Gasteiger partial charge in [-0.25, -0.2) is 9.13 Å². The molecule has 0 saturated heterocycles. The zero-order valence-electron chi connectivity index (χ0n) is 69.0. The first kappa shape index (κ1) is 103. The van der Waals surface area contributed by atoms with Crippen molar-refractivity contribution < 1.29 is 80.2 Å². The summed E-state index contributed by atoms with van der Waals surface area (Å²) in [5, 5.41) is 10.7. The molecular formula is C86H168O17P2. The lowest BCUT2D eigenvalue weighted by molar-refractivity contribution is -0.161. The first-order valence-electron chi connectivity index (χ1n) is 44.5. The van der Waals surface area contributed by atoms with Gasteiger partial charge in [-0.15, -0.1) is 0 Å². The van der Waals surface area contributed by atoms with E-state index in [9.17, 15) is 43.2 Å². The van der Waals surface area contributed by atoms with Crippen LogP contribution >= 0.6 is 15.6 Å². The molecule has 0 heterocycles. The average molecular weight is 1540 g/mol. The molecule has 3 unspecified atom stereocenters. The smallest absolute Gasteiger partial charge is 0.462 e. The summed E-state index contributed by atoms with van der Waals surface area (Å²) < 4.78 is 68.9. The summed E-state index contributed by atoms with van der Waals surface area (Å²) in [5.74, 6) is -0.485. The van der Waals surface area contributed by atoms with E-state index in [2.05, 4.69) is 41.5 Å². The molecule has 6 atom stereocenters. The van der Waals surface area contributed by atoms with Crippen LogP contribution in [0.2, 0.25) is 0 Å². The number of aliphatic hydroxyl groups excluding tert-OH is 1. The minimum atomic E-state index is -4.97. The number of hydrogen-bond acceptors (Lipinski definition) is 15. The molecular weight excluding hydrogens is 1370 g/mol. The third-order valence-corrected chi connectivity index (χ3v) is 22.5. The van der Waals surface area contributed by atoms with Gasteiger partial charge in [0.1, 0.15) is 19.3 Å². The summed E-state index contributed by atoms with van der Waals surface area (Å²) in [4.78, 5) is 73.2. The van der Waals surface area contributed by atoms with Crippen molar-refractivity contribution in [3.05, 3.63) is 0 Å². The van der Waals surface area contributed by atoms with Crippen LogP contribution < -0.4 is 0 Å². The van der Waals surface area contributed by atoms with Crippen LogP contribution in [0.15, 0.2) is 0 Å². The number of carbonyl (C=O) groups excluding carboxylic acids is 4. The highest BCUT2D eigenvalue weighted by Crippen LogP contribution is 2.45. The van der Waals surface area contributed by atoms with Crippen molar-refractivity contribution in [2.24, 2.45) is 11.8 Å². The monoisotopic (exact) mass is 1540 g/mol. The highest BCUT2D eigenvalue weighted by Gasteiger charge is 2.30. The number of phosphoric acid groups is 2. The van der Waals surface area contributed by atoms with Gasteiger partial charge in [0, 0.05) is 25.7 Å². The third-order valence-electron chi connectivity index (χ3n) is 20.6. The van der Waals surface area contributed by atoms with Gasteiger partial charge in [0.2, 0.25) is 0 Å². The van der Waals surface area contributed by atoms with E-state index in [4.69, 9.17) is 37.0 Å². The van der Waals surface area contributed by atoms with E-state index in [1.165, 1.54) is 276 Å². The normalized spacial score (nSPS) is 14.1. The van der Waals surface area contributed by atoms with E-state index in [0.717, 1.165) is 102 Å². The van der Waals surface area contributed by atoms with E-state index in [1.54, 1.807) is 0 Å². The van der Waals surface area contributed by atoms with Crippen LogP contribution in [-0.4, -0.2) is 96.7 Å². The van der Waals surface area contributed by atoms with Crippen LogP contribution in [-0.2, 0) is 65.4 Å². The summed E-state index contributed by atoms with van der Waals surface area (Å²) in [6.45, 7) is 9.73. The van der Waals surface area contributed by atoms with Gasteiger partial charge in [0.25, 0.3) is 0 Å². The largest absolute Gasteiger partial charge is 0.472 e. The highest BCUT2D eigenvalue weighted by atomic mass is 31.2. The second-order valence-electron chi connectivity index (χ2n) is 31.6. The molecule has 0 spiro atoms. The van der Waals surface area contributed by atoms with Crippen molar-refractivity contribution in [1.29, 1.82) is 0 Å². The summed E-state index contributed by atoms with van der Waals surface area (Å²) in [7, 11) is -9.93. The Morgan fingerprint density at radius 1 is 0.276 bits per heavy atom. The molecule has 0 aromatic heterocycles. The average Bonchev–Trinajstić information content (AvgIpc) is 0.907. The highest BCUT2D eigenvalue weighted by molar-refractivity contribution is 7.47.